The fourth-order valence-electron chi connectivity index (χ4n) is 1.77. The van der Waals surface area contributed by atoms with Crippen molar-refractivity contribution in [1.82, 2.24) is 5.32 Å². The molecule has 0 aliphatic carbocycles. The molecule has 1 N–H and O–H groups in total. The van der Waals surface area contributed by atoms with Crippen LogP contribution in [0.3, 0.4) is 0 Å². The van der Waals surface area contributed by atoms with E-state index in [1.807, 2.05) is 18.8 Å². The number of thioether (sulfide) groups is 1. The van der Waals surface area contributed by atoms with Gasteiger partial charge in [-0.2, -0.15) is 11.8 Å². The standard InChI is InChI=1S/C12H19NS/c1-4-11(14-3)12(13-2)10-8-6-5-7-9-10/h5-9,11-13H,4H2,1-3H3. The Morgan fingerprint density at radius 3 is 2.36 bits per heavy atom. The van der Waals surface area contributed by atoms with Crippen LogP contribution in [0, 0.1) is 0 Å². The molecule has 1 aromatic rings. The zero-order valence-corrected chi connectivity index (χ0v) is 9.97. The third kappa shape index (κ3) is 2.76. The number of benzene rings is 1. The molecule has 0 saturated carbocycles. The van der Waals surface area contributed by atoms with E-state index in [-0.39, 0.29) is 0 Å². The molecule has 0 heterocycles. The van der Waals surface area contributed by atoms with Gasteiger partial charge in [-0.1, -0.05) is 37.3 Å². The normalized spacial score (nSPS) is 15.1. The molecule has 0 aliphatic rings. The summed E-state index contributed by atoms with van der Waals surface area (Å²) in [6, 6.07) is 11.1. The maximum atomic E-state index is 3.40. The van der Waals surface area contributed by atoms with E-state index < -0.39 is 0 Å². The van der Waals surface area contributed by atoms with Crippen LogP contribution in [-0.4, -0.2) is 18.6 Å². The van der Waals surface area contributed by atoms with Crippen molar-refractivity contribution in [3.63, 3.8) is 0 Å². The van der Waals surface area contributed by atoms with Gasteiger partial charge < -0.3 is 5.32 Å². The lowest BCUT2D eigenvalue weighted by molar-refractivity contribution is 0.556. The Balaban J connectivity index is 2.81. The molecular formula is C12H19NS. The highest BCUT2D eigenvalue weighted by Gasteiger charge is 2.18. The van der Waals surface area contributed by atoms with Gasteiger partial charge in [-0.15, -0.1) is 0 Å². The molecule has 0 amide bonds. The van der Waals surface area contributed by atoms with Crippen LogP contribution in [0.25, 0.3) is 0 Å². The van der Waals surface area contributed by atoms with Gasteiger partial charge in [0.15, 0.2) is 0 Å². The van der Waals surface area contributed by atoms with E-state index >= 15 is 0 Å². The van der Waals surface area contributed by atoms with Crippen molar-refractivity contribution in [3.8, 4) is 0 Å². The molecule has 1 rings (SSSR count). The molecule has 0 bridgehead atoms. The van der Waals surface area contributed by atoms with Crippen LogP contribution in [0.4, 0.5) is 0 Å². The van der Waals surface area contributed by atoms with Gasteiger partial charge in [0.05, 0.1) is 0 Å². The summed E-state index contributed by atoms with van der Waals surface area (Å²) in [5.41, 5.74) is 1.39. The van der Waals surface area contributed by atoms with Crippen molar-refractivity contribution < 1.29 is 0 Å². The lowest BCUT2D eigenvalue weighted by atomic mass is 10.0. The Kier molecular flexibility index (Phi) is 5.05. The molecule has 0 saturated heterocycles. The first-order valence-corrected chi connectivity index (χ1v) is 6.37. The second kappa shape index (κ2) is 6.10. The fraction of sp³-hybridized carbons (Fsp3) is 0.500. The van der Waals surface area contributed by atoms with Gasteiger partial charge >= 0.3 is 0 Å². The van der Waals surface area contributed by atoms with Crippen LogP contribution in [0.15, 0.2) is 30.3 Å². The van der Waals surface area contributed by atoms with Crippen LogP contribution < -0.4 is 5.32 Å². The predicted molar refractivity (Wildman–Crippen MR) is 65.8 cm³/mol. The Hall–Kier alpha value is -0.470. The van der Waals surface area contributed by atoms with Gasteiger partial charge in [-0.05, 0) is 25.3 Å². The second-order valence-electron chi connectivity index (χ2n) is 3.36. The lowest BCUT2D eigenvalue weighted by Crippen LogP contribution is -2.26. The van der Waals surface area contributed by atoms with Crippen LogP contribution in [0.2, 0.25) is 0 Å². The third-order valence-electron chi connectivity index (χ3n) is 2.55. The second-order valence-corrected chi connectivity index (χ2v) is 4.44. The molecule has 2 atom stereocenters. The van der Waals surface area contributed by atoms with E-state index in [4.69, 9.17) is 0 Å². The Morgan fingerprint density at radius 2 is 1.93 bits per heavy atom. The van der Waals surface area contributed by atoms with E-state index in [1.165, 1.54) is 12.0 Å². The molecule has 1 aromatic carbocycles. The summed E-state index contributed by atoms with van der Waals surface area (Å²) in [6.07, 6.45) is 3.38. The molecule has 14 heavy (non-hydrogen) atoms. The molecule has 0 aliphatic heterocycles. The number of rotatable bonds is 5. The summed E-state index contributed by atoms with van der Waals surface area (Å²) in [7, 11) is 2.04. The van der Waals surface area contributed by atoms with Crippen molar-refractivity contribution in [1.29, 1.82) is 0 Å². The molecule has 78 valence electrons. The minimum atomic E-state index is 0.469. The molecule has 0 radical (unpaired) electrons. The maximum Gasteiger partial charge on any atom is 0.0437 e. The first-order chi connectivity index (χ1) is 6.83. The number of hydrogen-bond donors (Lipinski definition) is 1. The molecule has 1 nitrogen and oxygen atoms in total. The molecule has 0 fully saturated rings. The molecule has 2 heteroatoms. The quantitative estimate of drug-likeness (QED) is 0.800. The lowest BCUT2D eigenvalue weighted by Gasteiger charge is -2.24. The van der Waals surface area contributed by atoms with Crippen molar-refractivity contribution in [2.24, 2.45) is 0 Å². The zero-order chi connectivity index (χ0) is 10.4. The van der Waals surface area contributed by atoms with E-state index in [0.717, 1.165) is 0 Å². The zero-order valence-electron chi connectivity index (χ0n) is 9.16. The third-order valence-corrected chi connectivity index (χ3v) is 3.76. The van der Waals surface area contributed by atoms with Crippen LogP contribution in [-0.2, 0) is 0 Å². The average Bonchev–Trinajstić information content (AvgIpc) is 2.27. The SMILES string of the molecule is CCC(SC)C(NC)c1ccccc1. The van der Waals surface area contributed by atoms with Gasteiger partial charge in [-0.3, -0.25) is 0 Å². The highest BCUT2D eigenvalue weighted by Crippen LogP contribution is 2.26. The maximum absolute atomic E-state index is 3.40. The predicted octanol–water partition coefficient (Wildman–Crippen LogP) is 3.09. The highest BCUT2D eigenvalue weighted by molar-refractivity contribution is 7.99. The topological polar surface area (TPSA) is 12.0 Å². The van der Waals surface area contributed by atoms with Gasteiger partial charge in [0.25, 0.3) is 0 Å². The summed E-state index contributed by atoms with van der Waals surface area (Å²) in [6.45, 7) is 2.24. The average molecular weight is 209 g/mol. The van der Waals surface area contributed by atoms with E-state index in [1.54, 1.807) is 0 Å². The molecule has 2 unspecified atom stereocenters. The Labute approximate surface area is 91.3 Å². The minimum Gasteiger partial charge on any atom is -0.312 e. The van der Waals surface area contributed by atoms with Crippen molar-refractivity contribution in [2.75, 3.05) is 13.3 Å². The van der Waals surface area contributed by atoms with E-state index in [0.29, 0.717) is 11.3 Å². The first kappa shape index (κ1) is 11.6. The van der Waals surface area contributed by atoms with E-state index in [2.05, 4.69) is 48.8 Å². The summed E-state index contributed by atoms with van der Waals surface area (Å²) in [4.78, 5) is 0. The van der Waals surface area contributed by atoms with Crippen molar-refractivity contribution in [2.45, 2.75) is 24.6 Å². The summed E-state index contributed by atoms with van der Waals surface area (Å²) < 4.78 is 0. The minimum absolute atomic E-state index is 0.469. The van der Waals surface area contributed by atoms with Crippen LogP contribution in [0.1, 0.15) is 24.9 Å². The summed E-state index contributed by atoms with van der Waals surface area (Å²) in [5, 5.41) is 4.05. The Bertz CT molecular complexity index is 244. The largest absolute Gasteiger partial charge is 0.312 e. The van der Waals surface area contributed by atoms with Gasteiger partial charge in [-0.25, -0.2) is 0 Å². The smallest absolute Gasteiger partial charge is 0.0437 e. The van der Waals surface area contributed by atoms with Crippen molar-refractivity contribution in [3.05, 3.63) is 35.9 Å². The molecular weight excluding hydrogens is 190 g/mol. The molecule has 0 spiro atoms. The van der Waals surface area contributed by atoms with Crippen molar-refractivity contribution >= 4 is 11.8 Å². The summed E-state index contributed by atoms with van der Waals surface area (Å²) >= 11 is 1.93. The molecule has 0 aromatic heterocycles. The fourth-order valence-corrected chi connectivity index (χ4v) is 2.66. The van der Waals surface area contributed by atoms with E-state index in [9.17, 15) is 0 Å². The number of nitrogens with one attached hydrogen (secondary N) is 1. The first-order valence-electron chi connectivity index (χ1n) is 5.08. The van der Waals surface area contributed by atoms with Crippen LogP contribution in [0.5, 0.6) is 0 Å². The van der Waals surface area contributed by atoms with Gasteiger partial charge in [0, 0.05) is 11.3 Å². The van der Waals surface area contributed by atoms with Gasteiger partial charge in [0.1, 0.15) is 0 Å². The Morgan fingerprint density at radius 1 is 1.29 bits per heavy atom. The monoisotopic (exact) mass is 209 g/mol. The summed E-state index contributed by atoms with van der Waals surface area (Å²) in [5.74, 6) is 0. The van der Waals surface area contributed by atoms with Gasteiger partial charge in [0.2, 0.25) is 0 Å². The highest BCUT2D eigenvalue weighted by atomic mass is 32.2. The van der Waals surface area contributed by atoms with Crippen LogP contribution >= 0.6 is 11.8 Å². The number of hydrogen-bond acceptors (Lipinski definition) is 2.